The van der Waals surface area contributed by atoms with E-state index >= 15 is 0 Å². The lowest BCUT2D eigenvalue weighted by molar-refractivity contribution is 0.0941. The first-order valence-corrected chi connectivity index (χ1v) is 6.52. The molecule has 1 unspecified atom stereocenters. The lowest BCUT2D eigenvalue weighted by atomic mass is 10.1. The molecular weight excluding hydrogens is 250 g/mol. The normalized spacial score (nSPS) is 12.2. The van der Waals surface area contributed by atoms with E-state index in [4.69, 9.17) is 0 Å². The van der Waals surface area contributed by atoms with Gasteiger partial charge in [-0.3, -0.25) is 9.78 Å². The molecule has 3 rings (SSSR count). The molecule has 0 aliphatic heterocycles. The van der Waals surface area contributed by atoms with E-state index in [1.807, 2.05) is 49.5 Å². The Hall–Kier alpha value is -2.62. The number of hydrogen-bond donors (Lipinski definition) is 2. The van der Waals surface area contributed by atoms with Crippen molar-refractivity contribution in [2.45, 2.75) is 13.0 Å². The highest BCUT2D eigenvalue weighted by molar-refractivity contribution is 6.05. The van der Waals surface area contributed by atoms with Gasteiger partial charge in [-0.05, 0) is 30.7 Å². The molecule has 0 saturated carbocycles. The van der Waals surface area contributed by atoms with Crippen LogP contribution in [0.2, 0.25) is 0 Å². The third-order valence-corrected chi connectivity index (χ3v) is 3.36. The molecule has 1 atom stereocenters. The van der Waals surface area contributed by atoms with E-state index in [1.165, 1.54) is 0 Å². The largest absolute Gasteiger partial charge is 0.361 e. The van der Waals surface area contributed by atoms with Crippen molar-refractivity contribution < 1.29 is 4.79 Å². The highest BCUT2D eigenvalue weighted by Gasteiger charge is 2.14. The number of rotatable bonds is 3. The van der Waals surface area contributed by atoms with Crippen LogP contribution in [0.1, 0.15) is 28.9 Å². The number of hydrogen-bond acceptors (Lipinski definition) is 2. The van der Waals surface area contributed by atoms with Gasteiger partial charge in [0.2, 0.25) is 0 Å². The average Bonchev–Trinajstić information content (AvgIpc) is 2.96. The average molecular weight is 265 g/mol. The maximum absolute atomic E-state index is 12.4. The Balaban J connectivity index is 1.85. The van der Waals surface area contributed by atoms with Crippen LogP contribution < -0.4 is 5.32 Å². The predicted molar refractivity (Wildman–Crippen MR) is 78.4 cm³/mol. The second-order valence-corrected chi connectivity index (χ2v) is 4.73. The van der Waals surface area contributed by atoms with Gasteiger partial charge in [0.1, 0.15) is 0 Å². The molecule has 2 aromatic heterocycles. The molecule has 0 bridgehead atoms. The van der Waals surface area contributed by atoms with Crippen LogP contribution in [-0.4, -0.2) is 15.9 Å². The van der Waals surface area contributed by atoms with Crippen LogP contribution in [0.4, 0.5) is 0 Å². The fourth-order valence-corrected chi connectivity index (χ4v) is 2.26. The van der Waals surface area contributed by atoms with Crippen molar-refractivity contribution in [2.24, 2.45) is 0 Å². The first kappa shape index (κ1) is 12.4. The van der Waals surface area contributed by atoms with Crippen LogP contribution in [0.25, 0.3) is 10.9 Å². The number of carbonyl (C=O) groups is 1. The Morgan fingerprint density at radius 2 is 2.15 bits per heavy atom. The van der Waals surface area contributed by atoms with Crippen LogP contribution in [0.5, 0.6) is 0 Å². The smallest absolute Gasteiger partial charge is 0.253 e. The molecule has 3 aromatic rings. The van der Waals surface area contributed by atoms with Gasteiger partial charge in [-0.25, -0.2) is 0 Å². The summed E-state index contributed by atoms with van der Waals surface area (Å²) < 4.78 is 0. The number of nitrogens with zero attached hydrogens (tertiary/aromatic N) is 1. The van der Waals surface area contributed by atoms with Crippen LogP contribution in [0.3, 0.4) is 0 Å². The summed E-state index contributed by atoms with van der Waals surface area (Å²) >= 11 is 0. The number of pyridine rings is 1. The molecule has 0 fully saturated rings. The summed E-state index contributed by atoms with van der Waals surface area (Å²) in [5.41, 5.74) is 2.51. The predicted octanol–water partition coefficient (Wildman–Crippen LogP) is 3.05. The van der Waals surface area contributed by atoms with Gasteiger partial charge in [0.15, 0.2) is 0 Å². The molecule has 2 N–H and O–H groups in total. The van der Waals surface area contributed by atoms with Crippen molar-refractivity contribution in [3.8, 4) is 0 Å². The van der Waals surface area contributed by atoms with Gasteiger partial charge in [-0.2, -0.15) is 0 Å². The molecule has 4 heteroatoms. The maximum atomic E-state index is 12.4. The molecule has 0 saturated heterocycles. The van der Waals surface area contributed by atoms with E-state index in [0.717, 1.165) is 16.5 Å². The summed E-state index contributed by atoms with van der Waals surface area (Å²) in [6.07, 6.45) is 5.32. The number of carbonyl (C=O) groups excluding carboxylic acids is 1. The molecule has 0 radical (unpaired) electrons. The summed E-state index contributed by atoms with van der Waals surface area (Å²) in [5, 5.41) is 4.03. The first-order valence-electron chi connectivity index (χ1n) is 6.52. The zero-order valence-electron chi connectivity index (χ0n) is 11.1. The van der Waals surface area contributed by atoms with Crippen molar-refractivity contribution >= 4 is 16.8 Å². The quantitative estimate of drug-likeness (QED) is 0.764. The van der Waals surface area contributed by atoms with Crippen molar-refractivity contribution in [3.63, 3.8) is 0 Å². The third-order valence-electron chi connectivity index (χ3n) is 3.36. The summed E-state index contributed by atoms with van der Waals surface area (Å²) in [4.78, 5) is 19.6. The number of aromatic nitrogens is 2. The van der Waals surface area contributed by atoms with Gasteiger partial charge in [0.25, 0.3) is 5.91 Å². The van der Waals surface area contributed by atoms with E-state index in [-0.39, 0.29) is 11.9 Å². The van der Waals surface area contributed by atoms with Crippen LogP contribution in [-0.2, 0) is 0 Å². The summed E-state index contributed by atoms with van der Waals surface area (Å²) in [6.45, 7) is 1.95. The molecule has 0 aliphatic carbocycles. The standard InChI is InChI=1S/C16H15N3O/c1-11(13-5-3-8-17-10-13)19-16(20)14-6-2-4-12-7-9-18-15(12)14/h2-11,18H,1H3,(H,19,20). The highest BCUT2D eigenvalue weighted by atomic mass is 16.1. The molecule has 0 aliphatic rings. The van der Waals surface area contributed by atoms with Gasteiger partial charge >= 0.3 is 0 Å². The number of amides is 1. The summed E-state index contributed by atoms with van der Waals surface area (Å²) in [6, 6.07) is 11.4. The number of H-pyrrole nitrogens is 1. The van der Waals surface area contributed by atoms with E-state index in [1.54, 1.807) is 12.4 Å². The number of benzene rings is 1. The molecule has 1 aromatic carbocycles. The number of para-hydroxylation sites is 1. The van der Waals surface area contributed by atoms with Crippen molar-refractivity contribution in [1.82, 2.24) is 15.3 Å². The lowest BCUT2D eigenvalue weighted by Gasteiger charge is -2.14. The fraction of sp³-hybridized carbons (Fsp3) is 0.125. The van der Waals surface area contributed by atoms with Crippen molar-refractivity contribution in [1.29, 1.82) is 0 Å². The number of aromatic amines is 1. The van der Waals surface area contributed by atoms with Crippen LogP contribution in [0, 0.1) is 0 Å². The van der Waals surface area contributed by atoms with Gasteiger partial charge in [0, 0.05) is 24.0 Å². The highest BCUT2D eigenvalue weighted by Crippen LogP contribution is 2.18. The first-order chi connectivity index (χ1) is 9.75. The summed E-state index contributed by atoms with van der Waals surface area (Å²) in [5.74, 6) is -0.0885. The Kier molecular flexibility index (Phi) is 3.21. The Labute approximate surface area is 116 Å². The van der Waals surface area contributed by atoms with Crippen LogP contribution in [0.15, 0.2) is 55.0 Å². The lowest BCUT2D eigenvalue weighted by Crippen LogP contribution is -2.26. The Morgan fingerprint density at radius 3 is 2.95 bits per heavy atom. The second-order valence-electron chi connectivity index (χ2n) is 4.73. The number of nitrogens with one attached hydrogen (secondary N) is 2. The van der Waals surface area contributed by atoms with E-state index < -0.39 is 0 Å². The van der Waals surface area contributed by atoms with Crippen LogP contribution >= 0.6 is 0 Å². The SMILES string of the molecule is CC(NC(=O)c1cccc2cc[nH]c12)c1cccnc1. The van der Waals surface area contributed by atoms with Crippen molar-refractivity contribution in [3.05, 3.63) is 66.1 Å². The summed E-state index contributed by atoms with van der Waals surface area (Å²) in [7, 11) is 0. The van der Waals surface area contributed by atoms with Gasteiger partial charge in [-0.15, -0.1) is 0 Å². The third kappa shape index (κ3) is 2.28. The molecule has 0 spiro atoms. The van der Waals surface area contributed by atoms with Gasteiger partial charge < -0.3 is 10.3 Å². The monoisotopic (exact) mass is 265 g/mol. The minimum atomic E-state index is -0.0885. The fourth-order valence-electron chi connectivity index (χ4n) is 2.26. The Bertz CT molecular complexity index is 734. The minimum absolute atomic E-state index is 0.0820. The van der Waals surface area contributed by atoms with Gasteiger partial charge in [-0.1, -0.05) is 18.2 Å². The van der Waals surface area contributed by atoms with Gasteiger partial charge in [0.05, 0.1) is 17.1 Å². The second kappa shape index (κ2) is 5.17. The zero-order valence-corrected chi connectivity index (χ0v) is 11.1. The minimum Gasteiger partial charge on any atom is -0.361 e. The maximum Gasteiger partial charge on any atom is 0.253 e. The molecule has 1 amide bonds. The number of fused-ring (bicyclic) bond motifs is 1. The molecule has 4 nitrogen and oxygen atoms in total. The van der Waals surface area contributed by atoms with E-state index in [9.17, 15) is 4.79 Å². The molecule has 2 heterocycles. The molecule has 20 heavy (non-hydrogen) atoms. The topological polar surface area (TPSA) is 57.8 Å². The van der Waals surface area contributed by atoms with E-state index in [0.29, 0.717) is 5.56 Å². The van der Waals surface area contributed by atoms with E-state index in [2.05, 4.69) is 15.3 Å². The van der Waals surface area contributed by atoms with Crippen molar-refractivity contribution in [2.75, 3.05) is 0 Å². The zero-order chi connectivity index (χ0) is 13.9. The molecule has 100 valence electrons. The molecular formula is C16H15N3O. The Morgan fingerprint density at radius 1 is 1.25 bits per heavy atom.